The van der Waals surface area contributed by atoms with Gasteiger partial charge < -0.3 is 15.2 Å². The Kier molecular flexibility index (Phi) is 5.36. The van der Waals surface area contributed by atoms with Crippen LogP contribution in [-0.4, -0.2) is 29.7 Å². The number of hydrogen-bond donors (Lipinski definition) is 2. The van der Waals surface area contributed by atoms with E-state index in [-0.39, 0.29) is 17.9 Å². The Morgan fingerprint density at radius 2 is 2.05 bits per heavy atom. The topological polar surface area (TPSA) is 75.6 Å². The molecule has 0 radical (unpaired) electrons. The molecule has 1 fully saturated rings. The molecule has 21 heavy (non-hydrogen) atoms. The third kappa shape index (κ3) is 4.28. The average Bonchev–Trinajstić information content (AvgIpc) is 2.45. The molecule has 1 aliphatic rings. The van der Waals surface area contributed by atoms with Gasteiger partial charge in [0.05, 0.1) is 6.10 Å². The van der Waals surface area contributed by atoms with Crippen LogP contribution < -0.4 is 5.32 Å². The van der Waals surface area contributed by atoms with Crippen LogP contribution in [0.2, 0.25) is 0 Å². The minimum Gasteiger partial charge on any atom is -0.479 e. The highest BCUT2D eigenvalue weighted by molar-refractivity contribution is 9.10. The molecule has 1 aromatic carbocycles. The van der Waals surface area contributed by atoms with Gasteiger partial charge in [-0.3, -0.25) is 4.79 Å². The molecule has 6 heteroatoms. The van der Waals surface area contributed by atoms with Gasteiger partial charge in [-0.2, -0.15) is 0 Å². The maximum Gasteiger partial charge on any atom is 0.330 e. The van der Waals surface area contributed by atoms with Crippen LogP contribution >= 0.6 is 15.9 Å². The molecule has 0 spiro atoms. The van der Waals surface area contributed by atoms with E-state index in [1.807, 2.05) is 6.92 Å². The summed E-state index contributed by atoms with van der Waals surface area (Å²) in [5, 5.41) is 12.0. The molecule has 2 rings (SSSR count). The summed E-state index contributed by atoms with van der Waals surface area (Å²) in [6.45, 7) is 2.46. The number of carboxylic acid groups (broad SMARTS) is 1. The van der Waals surface area contributed by atoms with Crippen LogP contribution in [0, 0.1) is 5.92 Å². The van der Waals surface area contributed by atoms with E-state index in [2.05, 4.69) is 21.2 Å². The number of benzene rings is 1. The van der Waals surface area contributed by atoms with Gasteiger partial charge in [0.1, 0.15) is 0 Å². The van der Waals surface area contributed by atoms with Crippen molar-refractivity contribution in [3.05, 3.63) is 34.3 Å². The average molecular weight is 356 g/mol. The highest BCUT2D eigenvalue weighted by atomic mass is 79.9. The van der Waals surface area contributed by atoms with E-state index in [9.17, 15) is 14.7 Å². The summed E-state index contributed by atoms with van der Waals surface area (Å²) in [6.07, 6.45) is 1.28. The fourth-order valence-electron chi connectivity index (χ4n) is 2.44. The first-order valence-electron chi connectivity index (χ1n) is 6.87. The molecule has 1 amide bonds. The van der Waals surface area contributed by atoms with Crippen LogP contribution in [-0.2, 0) is 14.3 Å². The minimum atomic E-state index is -1.06. The van der Waals surface area contributed by atoms with Crippen molar-refractivity contribution in [2.45, 2.75) is 31.9 Å². The lowest BCUT2D eigenvalue weighted by molar-refractivity contribution is -0.143. The molecule has 1 saturated heterocycles. The maximum absolute atomic E-state index is 12.3. The SMILES string of the molecule is CC1CC(C(=O)NC(C(=O)O)c2ccc(Br)cc2)CCO1. The highest BCUT2D eigenvalue weighted by Crippen LogP contribution is 2.22. The molecule has 2 N–H and O–H groups in total. The molecule has 3 unspecified atom stereocenters. The number of nitrogens with one attached hydrogen (secondary N) is 1. The van der Waals surface area contributed by atoms with E-state index >= 15 is 0 Å². The quantitative estimate of drug-likeness (QED) is 0.869. The summed E-state index contributed by atoms with van der Waals surface area (Å²) in [5.41, 5.74) is 0.555. The van der Waals surface area contributed by atoms with E-state index in [0.29, 0.717) is 25.0 Å². The molecule has 1 heterocycles. The van der Waals surface area contributed by atoms with Gasteiger partial charge in [0.15, 0.2) is 6.04 Å². The first-order valence-corrected chi connectivity index (χ1v) is 7.67. The second kappa shape index (κ2) is 7.04. The van der Waals surface area contributed by atoms with Crippen molar-refractivity contribution in [2.75, 3.05) is 6.61 Å². The van der Waals surface area contributed by atoms with Crippen LogP contribution in [0.1, 0.15) is 31.4 Å². The number of amides is 1. The summed E-state index contributed by atoms with van der Waals surface area (Å²) >= 11 is 3.30. The molecule has 114 valence electrons. The smallest absolute Gasteiger partial charge is 0.330 e. The van der Waals surface area contributed by atoms with Crippen LogP contribution in [0.3, 0.4) is 0 Å². The van der Waals surface area contributed by atoms with Crippen molar-refractivity contribution < 1.29 is 19.4 Å². The van der Waals surface area contributed by atoms with Crippen LogP contribution in [0.15, 0.2) is 28.7 Å². The molecule has 0 aliphatic carbocycles. The number of aliphatic carboxylic acids is 1. The Labute approximate surface area is 131 Å². The van der Waals surface area contributed by atoms with Gasteiger partial charge in [0.25, 0.3) is 0 Å². The Morgan fingerprint density at radius 3 is 2.62 bits per heavy atom. The van der Waals surface area contributed by atoms with Gasteiger partial charge in [-0.25, -0.2) is 4.79 Å². The van der Waals surface area contributed by atoms with E-state index in [1.54, 1.807) is 24.3 Å². The molecule has 5 nitrogen and oxygen atoms in total. The zero-order valence-corrected chi connectivity index (χ0v) is 13.3. The van der Waals surface area contributed by atoms with Crippen LogP contribution in [0.4, 0.5) is 0 Å². The number of carbonyl (C=O) groups is 2. The number of hydrogen-bond acceptors (Lipinski definition) is 3. The van der Waals surface area contributed by atoms with E-state index < -0.39 is 12.0 Å². The monoisotopic (exact) mass is 355 g/mol. The van der Waals surface area contributed by atoms with Crippen molar-refractivity contribution >= 4 is 27.8 Å². The van der Waals surface area contributed by atoms with E-state index in [0.717, 1.165) is 4.47 Å². The summed E-state index contributed by atoms with van der Waals surface area (Å²) < 4.78 is 6.27. The number of ether oxygens (including phenoxy) is 1. The largest absolute Gasteiger partial charge is 0.479 e. The zero-order valence-electron chi connectivity index (χ0n) is 11.7. The third-order valence-electron chi connectivity index (χ3n) is 3.59. The number of rotatable bonds is 4. The molecular weight excluding hydrogens is 338 g/mol. The first kappa shape index (κ1) is 16.0. The van der Waals surface area contributed by atoms with Gasteiger partial charge >= 0.3 is 5.97 Å². The normalized spacial score (nSPS) is 23.3. The lowest BCUT2D eigenvalue weighted by atomic mass is 9.94. The van der Waals surface area contributed by atoms with E-state index in [1.165, 1.54) is 0 Å². The number of halogens is 1. The Bertz CT molecular complexity index is 517. The van der Waals surface area contributed by atoms with Crippen molar-refractivity contribution in [3.8, 4) is 0 Å². The second-order valence-corrected chi connectivity index (χ2v) is 6.15. The van der Waals surface area contributed by atoms with Crippen molar-refractivity contribution in [1.82, 2.24) is 5.32 Å². The summed E-state index contributed by atoms with van der Waals surface area (Å²) in [7, 11) is 0. The highest BCUT2D eigenvalue weighted by Gasteiger charge is 2.29. The van der Waals surface area contributed by atoms with Crippen LogP contribution in [0.25, 0.3) is 0 Å². The lowest BCUT2D eigenvalue weighted by Gasteiger charge is -2.27. The summed E-state index contributed by atoms with van der Waals surface area (Å²) in [5.74, 6) is -1.47. The van der Waals surface area contributed by atoms with Crippen molar-refractivity contribution in [1.29, 1.82) is 0 Å². The fraction of sp³-hybridized carbons (Fsp3) is 0.467. The summed E-state index contributed by atoms with van der Waals surface area (Å²) in [6, 6.07) is 5.87. The fourth-order valence-corrected chi connectivity index (χ4v) is 2.70. The van der Waals surface area contributed by atoms with Gasteiger partial charge in [0.2, 0.25) is 5.91 Å². The Balaban J connectivity index is 2.07. The predicted octanol–water partition coefficient (Wildman–Crippen LogP) is 2.51. The Hall–Kier alpha value is -1.40. The van der Waals surface area contributed by atoms with E-state index in [4.69, 9.17) is 4.74 Å². The lowest BCUT2D eigenvalue weighted by Crippen LogP contribution is -2.40. The molecule has 0 saturated carbocycles. The van der Waals surface area contributed by atoms with Crippen molar-refractivity contribution in [2.24, 2.45) is 5.92 Å². The summed E-state index contributed by atoms with van der Waals surface area (Å²) in [4.78, 5) is 23.7. The van der Waals surface area contributed by atoms with Gasteiger partial charge in [-0.15, -0.1) is 0 Å². The third-order valence-corrected chi connectivity index (χ3v) is 4.12. The zero-order chi connectivity index (χ0) is 15.4. The molecular formula is C15H18BrNO4. The van der Waals surface area contributed by atoms with Gasteiger partial charge in [0, 0.05) is 17.0 Å². The number of carboxylic acids is 1. The van der Waals surface area contributed by atoms with Gasteiger partial charge in [-0.05, 0) is 37.5 Å². The predicted molar refractivity (Wildman–Crippen MR) is 80.8 cm³/mol. The van der Waals surface area contributed by atoms with Crippen molar-refractivity contribution in [3.63, 3.8) is 0 Å². The Morgan fingerprint density at radius 1 is 1.38 bits per heavy atom. The van der Waals surface area contributed by atoms with Crippen LogP contribution in [0.5, 0.6) is 0 Å². The standard InChI is InChI=1S/C15H18BrNO4/c1-9-8-11(6-7-21-9)14(18)17-13(15(19)20)10-2-4-12(16)5-3-10/h2-5,9,11,13H,6-8H2,1H3,(H,17,18)(H,19,20). The molecule has 3 atom stereocenters. The molecule has 0 bridgehead atoms. The van der Waals surface area contributed by atoms with Gasteiger partial charge in [-0.1, -0.05) is 28.1 Å². The first-order chi connectivity index (χ1) is 9.97. The second-order valence-electron chi connectivity index (χ2n) is 5.23. The number of carbonyl (C=O) groups excluding carboxylic acids is 1. The molecule has 1 aromatic rings. The molecule has 1 aliphatic heterocycles. The maximum atomic E-state index is 12.3. The molecule has 0 aromatic heterocycles. The minimum absolute atomic E-state index is 0.0328.